The summed E-state index contributed by atoms with van der Waals surface area (Å²) in [6, 6.07) is 8.36. The van der Waals surface area contributed by atoms with Gasteiger partial charge in [0, 0.05) is 25.2 Å². The smallest absolute Gasteiger partial charge is 0.224 e. The molecule has 2 aromatic heterocycles. The number of aryl methyl sites for hydroxylation is 1. The minimum absolute atomic E-state index is 0.0445. The van der Waals surface area contributed by atoms with Crippen molar-refractivity contribution in [3.05, 3.63) is 36.0 Å². The summed E-state index contributed by atoms with van der Waals surface area (Å²) in [6.07, 6.45) is 3.94. The number of rotatable bonds is 4. The second-order valence-corrected chi connectivity index (χ2v) is 7.72. The molecule has 6 nitrogen and oxygen atoms in total. The molecule has 0 spiro atoms. The highest BCUT2D eigenvalue weighted by molar-refractivity contribution is 7.20. The minimum atomic E-state index is 0.0445. The molecule has 1 atom stereocenters. The lowest BCUT2D eigenvalue weighted by Gasteiger charge is -2.31. The fourth-order valence-corrected chi connectivity index (χ4v) is 4.28. The lowest BCUT2D eigenvalue weighted by molar-refractivity contribution is -0.125. The first kappa shape index (κ1) is 17.0. The average molecular weight is 369 g/mol. The Morgan fingerprint density at radius 2 is 2.15 bits per heavy atom. The number of imidazole rings is 1. The van der Waals surface area contributed by atoms with Crippen LogP contribution in [0, 0.1) is 12.8 Å². The van der Waals surface area contributed by atoms with E-state index < -0.39 is 0 Å². The largest absolute Gasteiger partial charge is 0.356 e. The van der Waals surface area contributed by atoms with Crippen LogP contribution in [0.1, 0.15) is 25.3 Å². The molecule has 0 radical (unpaired) electrons. The number of piperidine rings is 1. The molecule has 3 aromatic rings. The van der Waals surface area contributed by atoms with Crippen LogP contribution in [0.25, 0.3) is 16.2 Å². The Labute approximate surface area is 156 Å². The van der Waals surface area contributed by atoms with E-state index in [0.717, 1.165) is 47.3 Å². The van der Waals surface area contributed by atoms with E-state index in [-0.39, 0.29) is 11.8 Å². The van der Waals surface area contributed by atoms with Gasteiger partial charge in [-0.3, -0.25) is 4.79 Å². The summed E-state index contributed by atoms with van der Waals surface area (Å²) in [5.41, 5.74) is 3.28. The highest BCUT2D eigenvalue weighted by atomic mass is 32.1. The first-order valence-electron chi connectivity index (χ1n) is 9.10. The number of carbonyl (C=O) groups is 1. The third kappa shape index (κ3) is 3.31. The second-order valence-electron chi connectivity index (χ2n) is 6.78. The maximum Gasteiger partial charge on any atom is 0.224 e. The number of anilines is 1. The van der Waals surface area contributed by atoms with Crippen LogP contribution in [0.4, 0.5) is 5.13 Å². The van der Waals surface area contributed by atoms with Gasteiger partial charge in [-0.2, -0.15) is 0 Å². The molecule has 1 N–H and O–H groups in total. The highest BCUT2D eigenvalue weighted by Gasteiger charge is 2.27. The van der Waals surface area contributed by atoms with Crippen molar-refractivity contribution in [3.63, 3.8) is 0 Å². The van der Waals surface area contributed by atoms with Crippen LogP contribution >= 0.6 is 11.3 Å². The van der Waals surface area contributed by atoms with Crippen LogP contribution in [0.5, 0.6) is 0 Å². The number of benzene rings is 1. The summed E-state index contributed by atoms with van der Waals surface area (Å²) in [5.74, 6) is 0.197. The number of nitrogens with zero attached hydrogens (tertiary/aromatic N) is 4. The van der Waals surface area contributed by atoms with Gasteiger partial charge in [-0.05, 0) is 26.7 Å². The number of amides is 1. The number of carbonyl (C=O) groups excluding carboxylic acids is 1. The molecule has 26 heavy (non-hydrogen) atoms. The van der Waals surface area contributed by atoms with Gasteiger partial charge in [0.1, 0.15) is 0 Å². The van der Waals surface area contributed by atoms with E-state index >= 15 is 0 Å². The predicted molar refractivity (Wildman–Crippen MR) is 105 cm³/mol. The Morgan fingerprint density at radius 1 is 1.35 bits per heavy atom. The third-order valence-electron chi connectivity index (χ3n) is 4.79. The lowest BCUT2D eigenvalue weighted by atomic mass is 9.97. The van der Waals surface area contributed by atoms with Crippen molar-refractivity contribution in [3.8, 4) is 11.3 Å². The Hall–Kier alpha value is -2.41. The van der Waals surface area contributed by atoms with E-state index in [2.05, 4.69) is 41.4 Å². The molecular formula is C19H23N5OS. The molecule has 136 valence electrons. The third-order valence-corrected chi connectivity index (χ3v) is 5.78. The molecule has 1 fully saturated rings. The van der Waals surface area contributed by atoms with E-state index in [9.17, 15) is 4.79 Å². The summed E-state index contributed by atoms with van der Waals surface area (Å²) in [5, 5.41) is 8.59. The number of nitrogens with one attached hydrogen (secondary N) is 1. The van der Waals surface area contributed by atoms with Crippen LogP contribution < -0.4 is 10.2 Å². The summed E-state index contributed by atoms with van der Waals surface area (Å²) >= 11 is 1.58. The molecule has 0 bridgehead atoms. The van der Waals surface area contributed by atoms with E-state index in [1.165, 1.54) is 5.56 Å². The Morgan fingerprint density at radius 3 is 2.88 bits per heavy atom. The van der Waals surface area contributed by atoms with Gasteiger partial charge in [0.05, 0.1) is 17.8 Å². The standard InChI is InChI=1S/C19H23N5OS/c1-3-20-17(25)15-5-4-10-23(11-15)19-22-24-12-16(21-18(24)26-19)14-8-6-13(2)7-9-14/h6-9,12,15H,3-5,10-11H2,1-2H3,(H,20,25)/t15-/m0/s1. The van der Waals surface area contributed by atoms with Gasteiger partial charge in [0.15, 0.2) is 0 Å². The first-order valence-corrected chi connectivity index (χ1v) is 9.91. The molecule has 0 unspecified atom stereocenters. The number of hydrogen-bond donors (Lipinski definition) is 1. The fourth-order valence-electron chi connectivity index (χ4n) is 3.36. The molecule has 1 aromatic carbocycles. The SMILES string of the molecule is CCNC(=O)[C@H]1CCCN(c2nn3cc(-c4ccc(C)cc4)nc3s2)C1. The quantitative estimate of drug-likeness (QED) is 0.767. The highest BCUT2D eigenvalue weighted by Crippen LogP contribution is 2.29. The second kappa shape index (κ2) is 7.07. The molecule has 1 aliphatic rings. The monoisotopic (exact) mass is 369 g/mol. The normalized spacial score (nSPS) is 17.6. The molecular weight excluding hydrogens is 346 g/mol. The minimum Gasteiger partial charge on any atom is -0.356 e. The van der Waals surface area contributed by atoms with Crippen molar-refractivity contribution in [2.75, 3.05) is 24.5 Å². The van der Waals surface area contributed by atoms with Crippen LogP contribution in [-0.2, 0) is 4.79 Å². The fraction of sp³-hybridized carbons (Fsp3) is 0.421. The van der Waals surface area contributed by atoms with Gasteiger partial charge in [0.25, 0.3) is 0 Å². The Bertz CT molecular complexity index is 882. The topological polar surface area (TPSA) is 62.5 Å². The van der Waals surface area contributed by atoms with Crippen LogP contribution in [0.3, 0.4) is 0 Å². The molecule has 1 aliphatic heterocycles. The van der Waals surface area contributed by atoms with Crippen molar-refractivity contribution < 1.29 is 4.79 Å². The van der Waals surface area contributed by atoms with E-state index in [4.69, 9.17) is 10.1 Å². The molecule has 4 rings (SSSR count). The zero-order valence-corrected chi connectivity index (χ0v) is 15.9. The zero-order valence-electron chi connectivity index (χ0n) is 15.1. The van der Waals surface area contributed by atoms with Crippen molar-refractivity contribution in [2.24, 2.45) is 5.92 Å². The molecule has 7 heteroatoms. The van der Waals surface area contributed by atoms with Crippen LogP contribution in [-0.4, -0.2) is 40.1 Å². The molecule has 3 heterocycles. The van der Waals surface area contributed by atoms with Gasteiger partial charge in [0.2, 0.25) is 16.0 Å². The number of hydrogen-bond acceptors (Lipinski definition) is 5. The zero-order chi connectivity index (χ0) is 18.1. The Kier molecular flexibility index (Phi) is 4.63. The van der Waals surface area contributed by atoms with Gasteiger partial charge in [-0.1, -0.05) is 41.2 Å². The van der Waals surface area contributed by atoms with E-state index in [0.29, 0.717) is 6.54 Å². The summed E-state index contributed by atoms with van der Waals surface area (Å²) in [6.45, 7) is 6.39. The summed E-state index contributed by atoms with van der Waals surface area (Å²) in [4.78, 5) is 20.0. The van der Waals surface area contributed by atoms with Gasteiger partial charge >= 0.3 is 0 Å². The van der Waals surface area contributed by atoms with Crippen molar-refractivity contribution in [1.82, 2.24) is 19.9 Å². The van der Waals surface area contributed by atoms with E-state index in [1.54, 1.807) is 11.3 Å². The summed E-state index contributed by atoms with van der Waals surface area (Å²) < 4.78 is 1.85. The number of fused-ring (bicyclic) bond motifs is 1. The van der Waals surface area contributed by atoms with Crippen molar-refractivity contribution >= 4 is 27.3 Å². The maximum atomic E-state index is 12.2. The van der Waals surface area contributed by atoms with Crippen LogP contribution in [0.2, 0.25) is 0 Å². The molecule has 1 saturated heterocycles. The average Bonchev–Trinajstić information content (AvgIpc) is 3.22. The Balaban J connectivity index is 1.53. The van der Waals surface area contributed by atoms with Gasteiger partial charge in [-0.15, -0.1) is 5.10 Å². The van der Waals surface area contributed by atoms with Crippen molar-refractivity contribution in [2.45, 2.75) is 26.7 Å². The molecule has 1 amide bonds. The van der Waals surface area contributed by atoms with Gasteiger partial charge < -0.3 is 10.2 Å². The van der Waals surface area contributed by atoms with Gasteiger partial charge in [-0.25, -0.2) is 9.50 Å². The molecule has 0 saturated carbocycles. The predicted octanol–water partition coefficient (Wildman–Crippen LogP) is 3.12. The van der Waals surface area contributed by atoms with Crippen molar-refractivity contribution in [1.29, 1.82) is 0 Å². The number of aromatic nitrogens is 3. The molecule has 0 aliphatic carbocycles. The van der Waals surface area contributed by atoms with E-state index in [1.807, 2.05) is 17.6 Å². The first-order chi connectivity index (χ1) is 12.6. The maximum absolute atomic E-state index is 12.2. The lowest BCUT2D eigenvalue weighted by Crippen LogP contribution is -2.43. The summed E-state index contributed by atoms with van der Waals surface area (Å²) in [7, 11) is 0. The van der Waals surface area contributed by atoms with Crippen LogP contribution in [0.15, 0.2) is 30.5 Å².